The molecule has 0 N–H and O–H groups in total. The van der Waals surface area contributed by atoms with Gasteiger partial charge in [-0.1, -0.05) is 18.2 Å². The van der Waals surface area contributed by atoms with Crippen molar-refractivity contribution < 1.29 is 4.76 Å². The summed E-state index contributed by atoms with van der Waals surface area (Å²) in [4.78, 5) is 11.1. The minimum absolute atomic E-state index is 0.773. The second kappa shape index (κ2) is 2.31. The Morgan fingerprint density at radius 2 is 2.09 bits per heavy atom. The van der Waals surface area contributed by atoms with Crippen molar-refractivity contribution in [1.82, 2.24) is 0 Å². The molecule has 11 heavy (non-hydrogen) atoms. The van der Waals surface area contributed by atoms with Crippen molar-refractivity contribution in [3.63, 3.8) is 0 Å². The van der Waals surface area contributed by atoms with E-state index in [2.05, 4.69) is 0 Å². The number of rotatable bonds is 0. The van der Waals surface area contributed by atoms with Crippen molar-refractivity contribution in [1.29, 1.82) is 0 Å². The van der Waals surface area contributed by atoms with E-state index in [9.17, 15) is 4.91 Å². The molecule has 0 spiro atoms. The Balaban J connectivity index is 2.59. The SMILES string of the molecule is O=[N+]1C=CCc2ccccc21. The molecule has 1 aliphatic heterocycles. The number of benzene rings is 1. The molecule has 0 unspecified atom stereocenters. The molecule has 2 rings (SSSR count). The van der Waals surface area contributed by atoms with Crippen molar-refractivity contribution in [2.75, 3.05) is 0 Å². The zero-order valence-corrected chi connectivity index (χ0v) is 6.03. The molecular weight excluding hydrogens is 138 g/mol. The number of nitroso groups, excluding NO2 is 1. The number of fused-ring (bicyclic) bond motifs is 1. The van der Waals surface area contributed by atoms with Gasteiger partial charge in [-0.3, -0.25) is 0 Å². The van der Waals surface area contributed by atoms with Gasteiger partial charge in [0.2, 0.25) is 6.20 Å². The molecular formula is C9H8NO+. The Morgan fingerprint density at radius 3 is 2.91 bits per heavy atom. The van der Waals surface area contributed by atoms with Crippen LogP contribution in [0.1, 0.15) is 5.56 Å². The Bertz CT molecular complexity index is 328. The van der Waals surface area contributed by atoms with Crippen LogP contribution in [0.2, 0.25) is 0 Å². The van der Waals surface area contributed by atoms with Crippen LogP contribution in [0.5, 0.6) is 0 Å². The fraction of sp³-hybridized carbons (Fsp3) is 0.111. The molecule has 1 heterocycles. The summed E-state index contributed by atoms with van der Waals surface area (Å²) in [7, 11) is 0. The van der Waals surface area contributed by atoms with E-state index in [0.717, 1.165) is 22.4 Å². The van der Waals surface area contributed by atoms with Gasteiger partial charge in [-0.15, -0.1) is 0 Å². The van der Waals surface area contributed by atoms with Crippen molar-refractivity contribution >= 4 is 5.69 Å². The van der Waals surface area contributed by atoms with Crippen molar-refractivity contribution in [3.8, 4) is 0 Å². The standard InChI is InChI=1S/C9H8NO/c11-10-7-3-5-8-4-1-2-6-9(8)10/h1-4,6-7H,5H2/q+1. The van der Waals surface area contributed by atoms with E-state index in [1.165, 1.54) is 0 Å². The van der Waals surface area contributed by atoms with Crippen LogP contribution >= 0.6 is 0 Å². The lowest BCUT2D eigenvalue weighted by atomic mass is 10.1. The van der Waals surface area contributed by atoms with E-state index in [1.807, 2.05) is 30.3 Å². The fourth-order valence-electron chi connectivity index (χ4n) is 1.25. The summed E-state index contributed by atoms with van der Waals surface area (Å²) in [6.45, 7) is 0. The Morgan fingerprint density at radius 1 is 1.27 bits per heavy atom. The molecule has 2 nitrogen and oxygen atoms in total. The number of allylic oxidation sites excluding steroid dienone is 1. The summed E-state index contributed by atoms with van der Waals surface area (Å²) < 4.78 is 0.902. The van der Waals surface area contributed by atoms with Gasteiger partial charge in [0.25, 0.3) is 5.69 Å². The second-order valence-electron chi connectivity index (χ2n) is 2.54. The van der Waals surface area contributed by atoms with E-state index < -0.39 is 0 Å². The van der Waals surface area contributed by atoms with Crippen molar-refractivity contribution in [3.05, 3.63) is 47.0 Å². The summed E-state index contributed by atoms with van der Waals surface area (Å²) in [5.74, 6) is 0. The quantitative estimate of drug-likeness (QED) is 0.513. The lowest BCUT2D eigenvalue weighted by molar-refractivity contribution is -0.387. The molecule has 0 saturated carbocycles. The maximum absolute atomic E-state index is 11.1. The van der Waals surface area contributed by atoms with Gasteiger partial charge in [0.05, 0.1) is 4.76 Å². The topological polar surface area (TPSA) is 20.1 Å². The molecule has 0 aromatic heterocycles. The van der Waals surface area contributed by atoms with Gasteiger partial charge in [-0.25, -0.2) is 0 Å². The van der Waals surface area contributed by atoms with Crippen molar-refractivity contribution in [2.45, 2.75) is 6.42 Å². The molecule has 0 radical (unpaired) electrons. The first kappa shape index (κ1) is 6.28. The molecule has 0 amide bonds. The average Bonchev–Trinajstić information content (AvgIpc) is 2.06. The largest absolute Gasteiger partial charge is 0.266 e. The van der Waals surface area contributed by atoms with Gasteiger partial charge in [0.1, 0.15) is 0 Å². The zero-order valence-electron chi connectivity index (χ0n) is 6.03. The molecule has 1 aromatic carbocycles. The summed E-state index contributed by atoms with van der Waals surface area (Å²) in [6.07, 6.45) is 4.30. The highest BCUT2D eigenvalue weighted by Crippen LogP contribution is 2.22. The molecule has 2 heteroatoms. The van der Waals surface area contributed by atoms with Crippen LogP contribution in [-0.4, -0.2) is 4.76 Å². The van der Waals surface area contributed by atoms with Crippen LogP contribution in [0.3, 0.4) is 0 Å². The highest BCUT2D eigenvalue weighted by atomic mass is 16.3. The van der Waals surface area contributed by atoms with Crippen LogP contribution in [0, 0.1) is 4.91 Å². The van der Waals surface area contributed by atoms with Gasteiger partial charge in [0, 0.05) is 23.0 Å². The van der Waals surface area contributed by atoms with Gasteiger partial charge in [-0.2, -0.15) is 0 Å². The first-order chi connectivity index (χ1) is 5.38. The van der Waals surface area contributed by atoms with E-state index in [4.69, 9.17) is 0 Å². The minimum atomic E-state index is 0.773. The van der Waals surface area contributed by atoms with Crippen molar-refractivity contribution in [2.24, 2.45) is 0 Å². The first-order valence-corrected chi connectivity index (χ1v) is 3.59. The molecule has 0 aliphatic carbocycles. The number of nitrogens with zero attached hydrogens (tertiary/aromatic N) is 1. The lowest BCUT2D eigenvalue weighted by Gasteiger charge is -1.99. The monoisotopic (exact) mass is 146 g/mol. The number of para-hydroxylation sites is 1. The predicted molar refractivity (Wildman–Crippen MR) is 42.6 cm³/mol. The van der Waals surface area contributed by atoms with Gasteiger partial charge < -0.3 is 0 Å². The third-order valence-corrected chi connectivity index (χ3v) is 1.81. The van der Waals surface area contributed by atoms with Gasteiger partial charge >= 0.3 is 0 Å². The third-order valence-electron chi connectivity index (χ3n) is 1.81. The van der Waals surface area contributed by atoms with E-state index in [1.54, 1.807) is 6.20 Å². The van der Waals surface area contributed by atoms with Crippen LogP contribution in [-0.2, 0) is 6.42 Å². The maximum atomic E-state index is 11.1. The van der Waals surface area contributed by atoms with Gasteiger partial charge in [-0.05, 0) is 6.08 Å². The normalized spacial score (nSPS) is 14.7. The highest BCUT2D eigenvalue weighted by Gasteiger charge is 2.18. The Kier molecular flexibility index (Phi) is 1.32. The molecule has 0 atom stereocenters. The predicted octanol–water partition coefficient (Wildman–Crippen LogP) is 2.17. The first-order valence-electron chi connectivity index (χ1n) is 3.59. The Hall–Kier alpha value is -1.44. The number of hydrogen-bond donors (Lipinski definition) is 0. The molecule has 1 aliphatic rings. The highest BCUT2D eigenvalue weighted by molar-refractivity contribution is 5.42. The third kappa shape index (κ3) is 0.963. The van der Waals surface area contributed by atoms with Gasteiger partial charge in [0.15, 0.2) is 0 Å². The summed E-state index contributed by atoms with van der Waals surface area (Å²) in [5, 5.41) is 0. The smallest absolute Gasteiger partial charge is 0.0615 e. The average molecular weight is 146 g/mol. The van der Waals surface area contributed by atoms with Crippen LogP contribution < -0.4 is 0 Å². The van der Waals surface area contributed by atoms with Crippen LogP contribution in [0.25, 0.3) is 0 Å². The van der Waals surface area contributed by atoms with E-state index >= 15 is 0 Å². The molecule has 0 bridgehead atoms. The molecule has 1 aromatic rings. The zero-order chi connectivity index (χ0) is 7.68. The summed E-state index contributed by atoms with van der Waals surface area (Å²) in [5.41, 5.74) is 1.88. The maximum Gasteiger partial charge on any atom is 0.266 e. The summed E-state index contributed by atoms with van der Waals surface area (Å²) >= 11 is 0. The fourth-order valence-corrected chi connectivity index (χ4v) is 1.25. The van der Waals surface area contributed by atoms with Crippen LogP contribution in [0.4, 0.5) is 5.69 Å². The Labute approximate surface area is 64.7 Å². The minimum Gasteiger partial charge on any atom is -0.0615 e. The summed E-state index contributed by atoms with van der Waals surface area (Å²) in [6, 6.07) is 7.64. The van der Waals surface area contributed by atoms with E-state index in [-0.39, 0.29) is 0 Å². The van der Waals surface area contributed by atoms with E-state index in [0.29, 0.717) is 0 Å². The molecule has 0 saturated heterocycles. The lowest BCUT2D eigenvalue weighted by Crippen LogP contribution is -1.99. The number of hydrogen-bond acceptors (Lipinski definition) is 1. The van der Waals surface area contributed by atoms with Crippen LogP contribution in [0.15, 0.2) is 36.5 Å². The molecule has 0 fully saturated rings. The second-order valence-corrected chi connectivity index (χ2v) is 2.54. The molecule has 54 valence electrons.